The van der Waals surface area contributed by atoms with Gasteiger partial charge in [0.05, 0.1) is 17.2 Å². The van der Waals surface area contributed by atoms with Crippen molar-refractivity contribution in [2.24, 2.45) is 4.99 Å². The predicted molar refractivity (Wildman–Crippen MR) is 105 cm³/mol. The standard InChI is InChI=1S/C16H22N4S.HI/c1-4-15-20-14(11-21-15)10-19-16(17-3)18-9-13-7-5-12(2)6-8-13;/h5-8,11H,4,9-10H2,1-3H3,(H2,17,18,19);1H. The van der Waals surface area contributed by atoms with Crippen molar-refractivity contribution in [3.8, 4) is 0 Å². The lowest BCUT2D eigenvalue weighted by atomic mass is 10.1. The molecule has 0 fully saturated rings. The third-order valence-corrected chi connectivity index (χ3v) is 4.18. The van der Waals surface area contributed by atoms with E-state index in [2.05, 4.69) is 64.1 Å². The first-order chi connectivity index (χ1) is 10.2. The van der Waals surface area contributed by atoms with Gasteiger partial charge in [-0.3, -0.25) is 4.99 Å². The first-order valence-electron chi connectivity index (χ1n) is 7.14. The van der Waals surface area contributed by atoms with Gasteiger partial charge in [-0.15, -0.1) is 35.3 Å². The number of rotatable bonds is 5. The van der Waals surface area contributed by atoms with Crippen molar-refractivity contribution in [1.29, 1.82) is 0 Å². The van der Waals surface area contributed by atoms with Gasteiger partial charge in [0.25, 0.3) is 0 Å². The summed E-state index contributed by atoms with van der Waals surface area (Å²) in [7, 11) is 1.78. The second kappa shape index (κ2) is 9.78. The summed E-state index contributed by atoms with van der Waals surface area (Å²) in [6.07, 6.45) is 0.991. The van der Waals surface area contributed by atoms with E-state index in [4.69, 9.17) is 0 Å². The van der Waals surface area contributed by atoms with Crippen LogP contribution in [-0.4, -0.2) is 18.0 Å². The summed E-state index contributed by atoms with van der Waals surface area (Å²) in [6, 6.07) is 8.50. The highest BCUT2D eigenvalue weighted by atomic mass is 127. The van der Waals surface area contributed by atoms with E-state index in [9.17, 15) is 0 Å². The van der Waals surface area contributed by atoms with Gasteiger partial charge >= 0.3 is 0 Å². The van der Waals surface area contributed by atoms with E-state index in [-0.39, 0.29) is 24.0 Å². The molecule has 2 N–H and O–H groups in total. The quantitative estimate of drug-likeness (QED) is 0.434. The van der Waals surface area contributed by atoms with Crippen LogP contribution in [-0.2, 0) is 19.5 Å². The fourth-order valence-electron chi connectivity index (χ4n) is 1.88. The summed E-state index contributed by atoms with van der Waals surface area (Å²) in [5, 5.41) is 9.87. The zero-order valence-corrected chi connectivity index (χ0v) is 16.4. The van der Waals surface area contributed by atoms with Gasteiger partial charge in [-0.25, -0.2) is 4.98 Å². The molecule has 0 saturated heterocycles. The van der Waals surface area contributed by atoms with E-state index in [0.29, 0.717) is 6.54 Å². The molecule has 0 bridgehead atoms. The van der Waals surface area contributed by atoms with Crippen LogP contribution >= 0.6 is 35.3 Å². The summed E-state index contributed by atoms with van der Waals surface area (Å²) in [4.78, 5) is 8.77. The number of thiazole rings is 1. The van der Waals surface area contributed by atoms with Gasteiger partial charge in [0.2, 0.25) is 0 Å². The number of aromatic nitrogens is 1. The normalized spacial score (nSPS) is 11.0. The summed E-state index contributed by atoms with van der Waals surface area (Å²) < 4.78 is 0. The number of halogens is 1. The molecule has 0 saturated carbocycles. The monoisotopic (exact) mass is 430 g/mol. The van der Waals surface area contributed by atoms with Crippen molar-refractivity contribution in [3.05, 3.63) is 51.5 Å². The average molecular weight is 430 g/mol. The van der Waals surface area contributed by atoms with Crippen molar-refractivity contribution < 1.29 is 0 Å². The molecule has 0 unspecified atom stereocenters. The van der Waals surface area contributed by atoms with E-state index < -0.39 is 0 Å². The Kier molecular flexibility index (Phi) is 8.40. The van der Waals surface area contributed by atoms with Crippen LogP contribution in [0.4, 0.5) is 0 Å². The number of aryl methyl sites for hydroxylation is 2. The van der Waals surface area contributed by atoms with E-state index in [1.165, 1.54) is 16.1 Å². The largest absolute Gasteiger partial charge is 0.352 e. The Morgan fingerprint density at radius 2 is 1.86 bits per heavy atom. The van der Waals surface area contributed by atoms with Gasteiger partial charge in [-0.1, -0.05) is 36.8 Å². The summed E-state index contributed by atoms with van der Waals surface area (Å²) in [5.41, 5.74) is 3.58. The van der Waals surface area contributed by atoms with E-state index in [1.807, 2.05) is 0 Å². The maximum Gasteiger partial charge on any atom is 0.191 e. The molecular weight excluding hydrogens is 407 g/mol. The van der Waals surface area contributed by atoms with Crippen LogP contribution in [0.2, 0.25) is 0 Å². The number of nitrogens with one attached hydrogen (secondary N) is 2. The fourth-order valence-corrected chi connectivity index (χ4v) is 2.62. The lowest BCUT2D eigenvalue weighted by Gasteiger charge is -2.11. The average Bonchev–Trinajstić information content (AvgIpc) is 2.97. The van der Waals surface area contributed by atoms with Gasteiger partial charge in [0, 0.05) is 19.0 Å². The molecule has 1 aromatic carbocycles. The highest BCUT2D eigenvalue weighted by molar-refractivity contribution is 14.0. The van der Waals surface area contributed by atoms with Crippen LogP contribution in [0.3, 0.4) is 0 Å². The van der Waals surface area contributed by atoms with E-state index >= 15 is 0 Å². The summed E-state index contributed by atoms with van der Waals surface area (Å²) >= 11 is 1.71. The van der Waals surface area contributed by atoms with Crippen molar-refractivity contribution in [1.82, 2.24) is 15.6 Å². The van der Waals surface area contributed by atoms with Crippen LogP contribution in [0.5, 0.6) is 0 Å². The molecule has 1 heterocycles. The fraction of sp³-hybridized carbons (Fsp3) is 0.375. The number of nitrogens with zero attached hydrogens (tertiary/aromatic N) is 2. The Bertz CT molecular complexity index is 592. The van der Waals surface area contributed by atoms with Crippen LogP contribution in [0.15, 0.2) is 34.6 Å². The molecular formula is C16H23IN4S. The molecule has 0 amide bonds. The predicted octanol–water partition coefficient (Wildman–Crippen LogP) is 3.50. The molecule has 2 aromatic rings. The minimum Gasteiger partial charge on any atom is -0.352 e. The summed E-state index contributed by atoms with van der Waals surface area (Å²) in [6.45, 7) is 5.68. The molecule has 2 rings (SSSR count). The molecule has 4 nitrogen and oxygen atoms in total. The molecule has 6 heteroatoms. The molecule has 0 aliphatic heterocycles. The molecule has 0 spiro atoms. The summed E-state index contributed by atoms with van der Waals surface area (Å²) in [5.74, 6) is 0.793. The zero-order chi connectivity index (χ0) is 15.1. The van der Waals surface area contributed by atoms with E-state index in [1.54, 1.807) is 18.4 Å². The second-order valence-electron chi connectivity index (χ2n) is 4.85. The first-order valence-corrected chi connectivity index (χ1v) is 8.02. The Balaban J connectivity index is 0.00000242. The molecule has 120 valence electrons. The Morgan fingerprint density at radius 1 is 1.18 bits per heavy atom. The zero-order valence-electron chi connectivity index (χ0n) is 13.2. The Morgan fingerprint density at radius 3 is 2.45 bits per heavy atom. The molecule has 0 aliphatic rings. The van der Waals surface area contributed by atoms with Gasteiger partial charge in [0.1, 0.15) is 0 Å². The third-order valence-electron chi connectivity index (χ3n) is 3.14. The number of hydrogen-bond acceptors (Lipinski definition) is 3. The lowest BCUT2D eigenvalue weighted by molar-refractivity contribution is 0.795. The van der Waals surface area contributed by atoms with Crippen LogP contribution in [0.1, 0.15) is 28.8 Å². The second-order valence-corrected chi connectivity index (χ2v) is 5.79. The molecule has 22 heavy (non-hydrogen) atoms. The SMILES string of the molecule is CCc1nc(CNC(=NC)NCc2ccc(C)cc2)cs1.I. The van der Waals surface area contributed by atoms with Gasteiger partial charge < -0.3 is 10.6 Å². The third kappa shape index (κ3) is 5.92. The van der Waals surface area contributed by atoms with E-state index in [0.717, 1.165) is 24.6 Å². The van der Waals surface area contributed by atoms with Gasteiger partial charge in [-0.05, 0) is 18.9 Å². The van der Waals surface area contributed by atoms with Crippen molar-refractivity contribution in [3.63, 3.8) is 0 Å². The van der Waals surface area contributed by atoms with Crippen molar-refractivity contribution in [2.75, 3.05) is 7.05 Å². The Labute approximate surface area is 153 Å². The maximum absolute atomic E-state index is 4.54. The topological polar surface area (TPSA) is 49.3 Å². The Hall–Kier alpha value is -1.15. The van der Waals surface area contributed by atoms with Crippen LogP contribution in [0, 0.1) is 6.92 Å². The number of hydrogen-bond donors (Lipinski definition) is 2. The minimum atomic E-state index is 0. The minimum absolute atomic E-state index is 0. The van der Waals surface area contributed by atoms with Crippen LogP contribution in [0.25, 0.3) is 0 Å². The molecule has 1 aromatic heterocycles. The first kappa shape index (κ1) is 18.9. The van der Waals surface area contributed by atoms with Gasteiger partial charge in [0.15, 0.2) is 5.96 Å². The highest BCUT2D eigenvalue weighted by Crippen LogP contribution is 2.09. The lowest BCUT2D eigenvalue weighted by Crippen LogP contribution is -2.36. The van der Waals surface area contributed by atoms with Crippen molar-refractivity contribution in [2.45, 2.75) is 33.4 Å². The maximum atomic E-state index is 4.54. The number of guanidine groups is 1. The highest BCUT2D eigenvalue weighted by Gasteiger charge is 2.02. The number of aliphatic imine (C=N–C) groups is 1. The molecule has 0 aliphatic carbocycles. The molecule has 0 atom stereocenters. The van der Waals surface area contributed by atoms with Crippen molar-refractivity contribution >= 4 is 41.3 Å². The number of benzene rings is 1. The van der Waals surface area contributed by atoms with Gasteiger partial charge in [-0.2, -0.15) is 0 Å². The van der Waals surface area contributed by atoms with Crippen LogP contribution < -0.4 is 10.6 Å². The molecule has 0 radical (unpaired) electrons. The smallest absolute Gasteiger partial charge is 0.191 e.